The molecular formula is C10H7NNa2O7S2. The Kier molecular flexibility index (Phi) is 9.24. The number of phenols is 1. The number of aromatic hydroxyl groups is 1. The third kappa shape index (κ3) is 5.23. The fraction of sp³-hybridized carbons (Fsp3) is 0. The Balaban J connectivity index is 0.00000220. The second kappa shape index (κ2) is 9.06. The Hall–Kier alpha value is 0.440. The molecule has 8 nitrogen and oxygen atoms in total. The number of benzene rings is 2. The van der Waals surface area contributed by atoms with Gasteiger partial charge in [-0.25, -0.2) is 8.42 Å². The standard InChI is InChI=1S/C10H9NO7S2.2Na/c11-8-4-7(20(14,15)16)2-5-1-6(19-18-17-13)3-9(12)10(5)8;;/h1-4,12-13H,11H2,(H,14,15,16);;/q;2*+1/p-2. The number of rotatable bonds is 4. The zero-order valence-electron chi connectivity index (χ0n) is 11.6. The molecule has 0 aliphatic heterocycles. The first-order valence-corrected chi connectivity index (χ1v) is 7.13. The largest absolute Gasteiger partial charge is 1.00 e. The molecule has 0 radical (unpaired) electrons. The third-order valence-electron chi connectivity index (χ3n) is 2.45. The molecule has 2 rings (SSSR count). The van der Waals surface area contributed by atoms with Crippen molar-refractivity contribution in [1.82, 2.24) is 0 Å². The van der Waals surface area contributed by atoms with Gasteiger partial charge >= 0.3 is 59.1 Å². The number of anilines is 1. The van der Waals surface area contributed by atoms with Crippen molar-refractivity contribution in [3.8, 4) is 5.75 Å². The zero-order valence-corrected chi connectivity index (χ0v) is 17.2. The molecule has 0 aromatic heterocycles. The maximum Gasteiger partial charge on any atom is 1.00 e. The van der Waals surface area contributed by atoms with Gasteiger partial charge in [0.05, 0.1) is 16.9 Å². The van der Waals surface area contributed by atoms with Gasteiger partial charge in [0.15, 0.2) is 0 Å². The van der Waals surface area contributed by atoms with E-state index in [2.05, 4.69) is 9.37 Å². The summed E-state index contributed by atoms with van der Waals surface area (Å²) in [6.45, 7) is 0. The molecule has 0 atom stereocenters. The van der Waals surface area contributed by atoms with E-state index in [1.54, 1.807) is 0 Å². The molecule has 2 aromatic rings. The first kappa shape index (κ1) is 22.4. The topological polar surface area (TPSA) is 145 Å². The van der Waals surface area contributed by atoms with Gasteiger partial charge in [0.25, 0.3) is 0 Å². The normalized spacial score (nSPS) is 10.8. The third-order valence-corrected chi connectivity index (χ3v) is 3.82. The Bertz CT molecular complexity index is 769. The monoisotopic (exact) mass is 363 g/mol. The molecule has 0 saturated heterocycles. The predicted octanol–water partition coefficient (Wildman–Crippen LogP) is -5.73. The summed E-state index contributed by atoms with van der Waals surface area (Å²) >= 11 is 0.506. The van der Waals surface area contributed by atoms with Crippen LogP contribution in [0.1, 0.15) is 0 Å². The minimum atomic E-state index is -4.68. The first-order chi connectivity index (χ1) is 9.32. The maximum atomic E-state index is 11.0. The van der Waals surface area contributed by atoms with Crippen LogP contribution in [0.4, 0.5) is 5.69 Å². The van der Waals surface area contributed by atoms with E-state index in [9.17, 15) is 23.3 Å². The number of nitrogen functional groups attached to an aromatic ring is 1. The molecule has 12 heteroatoms. The Morgan fingerprint density at radius 3 is 2.36 bits per heavy atom. The Morgan fingerprint density at radius 1 is 1.18 bits per heavy atom. The van der Waals surface area contributed by atoms with Gasteiger partial charge in [0, 0.05) is 16.0 Å². The number of hydrogen-bond donors (Lipinski definition) is 2. The van der Waals surface area contributed by atoms with Crippen LogP contribution < -0.4 is 70.1 Å². The average molecular weight is 363 g/mol. The molecule has 3 N–H and O–H groups in total. The van der Waals surface area contributed by atoms with Crippen LogP contribution in [0.25, 0.3) is 10.8 Å². The summed E-state index contributed by atoms with van der Waals surface area (Å²) in [7, 11) is -4.68. The van der Waals surface area contributed by atoms with Crippen LogP contribution >= 0.6 is 12.0 Å². The predicted molar refractivity (Wildman–Crippen MR) is 66.0 cm³/mol. The molecule has 108 valence electrons. The minimum Gasteiger partial charge on any atom is -0.744 e. The molecule has 22 heavy (non-hydrogen) atoms. The van der Waals surface area contributed by atoms with Gasteiger partial charge in [0.2, 0.25) is 0 Å². The Morgan fingerprint density at radius 2 is 1.82 bits per heavy atom. The Labute approximate surface area is 174 Å². The van der Waals surface area contributed by atoms with Crippen molar-refractivity contribution in [3.05, 3.63) is 24.3 Å². The van der Waals surface area contributed by atoms with Crippen molar-refractivity contribution in [3.63, 3.8) is 0 Å². The average Bonchev–Trinajstić information content (AvgIpc) is 2.34. The van der Waals surface area contributed by atoms with Crippen LogP contribution in [0.15, 0.2) is 34.1 Å². The van der Waals surface area contributed by atoms with Crippen molar-refractivity contribution < 1.29 is 91.8 Å². The van der Waals surface area contributed by atoms with Crippen LogP contribution in [0, 0.1) is 0 Å². The molecule has 0 fully saturated rings. The molecule has 2 aromatic carbocycles. The summed E-state index contributed by atoms with van der Waals surface area (Å²) in [5, 5.41) is 23.1. The van der Waals surface area contributed by atoms with Crippen LogP contribution in [0.3, 0.4) is 0 Å². The van der Waals surface area contributed by atoms with Gasteiger partial charge in [-0.3, -0.25) is 5.04 Å². The summed E-state index contributed by atoms with van der Waals surface area (Å²) in [6.07, 6.45) is 0. The summed E-state index contributed by atoms with van der Waals surface area (Å²) in [5.74, 6) is -0.258. The zero-order chi connectivity index (χ0) is 14.9. The SMILES string of the molecule is Nc1cc(S(=O)(=O)[O-])cc2cc(SOO[O-])cc(O)c12.[Na+].[Na+]. The fourth-order valence-electron chi connectivity index (χ4n) is 1.72. The van der Waals surface area contributed by atoms with Gasteiger partial charge in [-0.05, 0) is 29.7 Å². The fourth-order valence-corrected chi connectivity index (χ4v) is 2.70. The van der Waals surface area contributed by atoms with E-state index in [4.69, 9.17) is 5.73 Å². The molecule has 0 unspecified atom stereocenters. The second-order valence-electron chi connectivity index (χ2n) is 3.73. The summed E-state index contributed by atoms with van der Waals surface area (Å²) in [6, 6.07) is 4.65. The van der Waals surface area contributed by atoms with Crippen LogP contribution in [-0.2, 0) is 19.5 Å². The van der Waals surface area contributed by atoms with E-state index < -0.39 is 15.0 Å². The number of fused-ring (bicyclic) bond motifs is 1. The van der Waals surface area contributed by atoms with Crippen LogP contribution in [0.5, 0.6) is 5.75 Å². The molecule has 0 aliphatic rings. The van der Waals surface area contributed by atoms with Crippen molar-refractivity contribution in [2.45, 2.75) is 9.79 Å². The van der Waals surface area contributed by atoms with Gasteiger partial charge < -0.3 is 20.7 Å². The summed E-state index contributed by atoms with van der Waals surface area (Å²) in [5.41, 5.74) is 5.57. The van der Waals surface area contributed by atoms with Gasteiger partial charge in [-0.15, -0.1) is 0 Å². The minimum absolute atomic E-state index is 0. The molecule has 0 saturated carbocycles. The van der Waals surface area contributed by atoms with E-state index in [-0.39, 0.29) is 86.2 Å². The first-order valence-electron chi connectivity index (χ1n) is 4.98. The molecule has 0 amide bonds. The van der Waals surface area contributed by atoms with Crippen LogP contribution in [0.2, 0.25) is 0 Å². The van der Waals surface area contributed by atoms with Gasteiger partial charge in [-0.1, -0.05) is 0 Å². The quantitative estimate of drug-likeness (QED) is 0.135. The van der Waals surface area contributed by atoms with Crippen molar-refractivity contribution in [1.29, 1.82) is 0 Å². The smallest absolute Gasteiger partial charge is 0.744 e. The van der Waals surface area contributed by atoms with E-state index in [0.717, 1.165) is 12.1 Å². The summed E-state index contributed by atoms with van der Waals surface area (Å²) in [4.78, 5) is -0.268. The number of hydrogen-bond acceptors (Lipinski definition) is 9. The van der Waals surface area contributed by atoms with Crippen molar-refractivity contribution in [2.75, 3.05) is 5.73 Å². The van der Waals surface area contributed by atoms with E-state index in [0.29, 0.717) is 12.0 Å². The van der Waals surface area contributed by atoms with Crippen molar-refractivity contribution >= 4 is 38.6 Å². The molecule has 0 spiro atoms. The van der Waals surface area contributed by atoms with Crippen molar-refractivity contribution in [2.24, 2.45) is 0 Å². The molecule has 0 bridgehead atoms. The maximum absolute atomic E-state index is 11.0. The molecular weight excluding hydrogens is 356 g/mol. The summed E-state index contributed by atoms with van der Waals surface area (Å²) < 4.78 is 37.1. The van der Waals surface area contributed by atoms with E-state index in [1.807, 2.05) is 0 Å². The van der Waals surface area contributed by atoms with E-state index in [1.165, 1.54) is 12.1 Å². The van der Waals surface area contributed by atoms with Gasteiger partial charge in [-0.2, -0.15) is 4.33 Å². The number of phenolic OH excluding ortho intramolecular Hbond substituents is 1. The molecule has 0 aliphatic carbocycles. The molecule has 0 heterocycles. The van der Waals surface area contributed by atoms with Crippen LogP contribution in [-0.4, -0.2) is 18.1 Å². The van der Waals surface area contributed by atoms with E-state index >= 15 is 0 Å². The van der Waals surface area contributed by atoms with Gasteiger partial charge in [0.1, 0.15) is 15.9 Å². The second-order valence-corrected chi connectivity index (χ2v) is 5.88. The number of nitrogens with two attached hydrogens (primary N) is 1.